The number of nitrogens with zero attached hydrogens (tertiary/aromatic N) is 1. The van der Waals surface area contributed by atoms with E-state index < -0.39 is 6.36 Å². The summed E-state index contributed by atoms with van der Waals surface area (Å²) in [7, 11) is 0. The van der Waals surface area contributed by atoms with Crippen molar-refractivity contribution in [1.82, 2.24) is 9.88 Å². The van der Waals surface area contributed by atoms with Gasteiger partial charge in [-0.2, -0.15) is 0 Å². The summed E-state index contributed by atoms with van der Waals surface area (Å²) in [5, 5.41) is 4.41. The smallest absolute Gasteiger partial charge is 0.405 e. The first kappa shape index (κ1) is 16.0. The van der Waals surface area contributed by atoms with Gasteiger partial charge in [0.25, 0.3) is 0 Å². The molecule has 1 aromatic heterocycles. The Bertz CT molecular complexity index is 915. The van der Waals surface area contributed by atoms with E-state index in [0.29, 0.717) is 11.1 Å². The number of rotatable bonds is 2. The molecule has 3 aromatic rings. The van der Waals surface area contributed by atoms with E-state index in [1.54, 1.807) is 12.1 Å². The summed E-state index contributed by atoms with van der Waals surface area (Å²) < 4.78 is 44.4. The van der Waals surface area contributed by atoms with Crippen molar-refractivity contribution in [3.8, 4) is 16.9 Å². The summed E-state index contributed by atoms with van der Waals surface area (Å²) in [6, 6.07) is 14.1. The standard InChI is InChI=1S/C19H17F3N2O/c20-19(21,22)25-18-4-2-1-3-16(18)13-5-6-17-14(11-13)12-15-7-8-23-9-10-24(15)17/h1-6,11-12,23H,7-10H2. The van der Waals surface area contributed by atoms with Crippen LogP contribution >= 0.6 is 0 Å². The first-order chi connectivity index (χ1) is 12.0. The van der Waals surface area contributed by atoms with Crippen LogP contribution in [0.15, 0.2) is 48.5 Å². The lowest BCUT2D eigenvalue weighted by molar-refractivity contribution is -0.274. The SMILES string of the molecule is FC(F)(F)Oc1ccccc1-c1ccc2c(c1)cc1n2CCNCC1. The normalized spacial score (nSPS) is 15.0. The fourth-order valence-electron chi connectivity index (χ4n) is 3.42. The Morgan fingerprint density at radius 2 is 1.84 bits per heavy atom. The molecule has 6 heteroatoms. The molecule has 0 atom stereocenters. The minimum atomic E-state index is -4.71. The number of aromatic nitrogens is 1. The Morgan fingerprint density at radius 1 is 1.00 bits per heavy atom. The molecular formula is C19H17F3N2O. The van der Waals surface area contributed by atoms with Gasteiger partial charge in [-0.3, -0.25) is 0 Å². The number of fused-ring (bicyclic) bond motifs is 3. The predicted octanol–water partition coefficient (Wildman–Crippen LogP) is 4.35. The molecule has 4 rings (SSSR count). The summed E-state index contributed by atoms with van der Waals surface area (Å²) >= 11 is 0. The van der Waals surface area contributed by atoms with Gasteiger partial charge in [0.2, 0.25) is 0 Å². The highest BCUT2D eigenvalue weighted by atomic mass is 19.4. The third-order valence-corrected chi connectivity index (χ3v) is 4.48. The molecule has 1 aliphatic rings. The Kier molecular flexibility index (Phi) is 3.92. The zero-order chi connectivity index (χ0) is 17.4. The van der Waals surface area contributed by atoms with Gasteiger partial charge in [-0.05, 0) is 29.8 Å². The van der Waals surface area contributed by atoms with Crippen LogP contribution in [0.25, 0.3) is 22.0 Å². The molecule has 0 radical (unpaired) electrons. The lowest BCUT2D eigenvalue weighted by Crippen LogP contribution is -2.17. The molecule has 1 aliphatic heterocycles. The minimum absolute atomic E-state index is 0.181. The summed E-state index contributed by atoms with van der Waals surface area (Å²) in [5.74, 6) is -0.181. The lowest BCUT2D eigenvalue weighted by Gasteiger charge is -2.13. The summed E-state index contributed by atoms with van der Waals surface area (Å²) in [6.07, 6.45) is -3.77. The zero-order valence-electron chi connectivity index (χ0n) is 13.4. The van der Waals surface area contributed by atoms with Crippen molar-refractivity contribution in [2.45, 2.75) is 19.3 Å². The van der Waals surface area contributed by atoms with E-state index in [4.69, 9.17) is 0 Å². The highest BCUT2D eigenvalue weighted by molar-refractivity contribution is 5.87. The number of halogens is 3. The monoisotopic (exact) mass is 346 g/mol. The van der Waals surface area contributed by atoms with Gasteiger partial charge in [-0.25, -0.2) is 0 Å². The van der Waals surface area contributed by atoms with Crippen LogP contribution in [0.3, 0.4) is 0 Å². The molecule has 130 valence electrons. The topological polar surface area (TPSA) is 26.2 Å². The number of ether oxygens (including phenoxy) is 1. The number of hydrogen-bond donors (Lipinski definition) is 1. The van der Waals surface area contributed by atoms with Gasteiger partial charge in [-0.15, -0.1) is 13.2 Å². The van der Waals surface area contributed by atoms with Gasteiger partial charge < -0.3 is 14.6 Å². The van der Waals surface area contributed by atoms with Crippen molar-refractivity contribution in [2.24, 2.45) is 0 Å². The Morgan fingerprint density at radius 3 is 2.68 bits per heavy atom. The van der Waals surface area contributed by atoms with Crippen LogP contribution < -0.4 is 10.1 Å². The van der Waals surface area contributed by atoms with E-state index in [2.05, 4.69) is 20.7 Å². The molecule has 0 amide bonds. The molecule has 0 aliphatic carbocycles. The number of hydrogen-bond acceptors (Lipinski definition) is 2. The second kappa shape index (κ2) is 6.11. The van der Waals surface area contributed by atoms with Crippen LogP contribution in [0.4, 0.5) is 13.2 Å². The van der Waals surface area contributed by atoms with Crippen molar-refractivity contribution in [3.63, 3.8) is 0 Å². The van der Waals surface area contributed by atoms with Gasteiger partial charge in [0.15, 0.2) is 0 Å². The Hall–Kier alpha value is -2.47. The van der Waals surface area contributed by atoms with Crippen molar-refractivity contribution in [2.75, 3.05) is 13.1 Å². The van der Waals surface area contributed by atoms with Crippen LogP contribution in [0.2, 0.25) is 0 Å². The molecule has 0 saturated carbocycles. The molecule has 0 spiro atoms. The lowest BCUT2D eigenvalue weighted by atomic mass is 10.0. The van der Waals surface area contributed by atoms with E-state index in [-0.39, 0.29) is 5.75 Å². The third kappa shape index (κ3) is 3.22. The van der Waals surface area contributed by atoms with E-state index >= 15 is 0 Å². The largest absolute Gasteiger partial charge is 0.573 e. The van der Waals surface area contributed by atoms with Crippen LogP contribution in [-0.4, -0.2) is 24.0 Å². The van der Waals surface area contributed by atoms with Crippen LogP contribution in [-0.2, 0) is 13.0 Å². The van der Waals surface area contributed by atoms with Crippen molar-refractivity contribution >= 4 is 10.9 Å². The Labute approximate surface area is 143 Å². The first-order valence-electron chi connectivity index (χ1n) is 8.19. The zero-order valence-corrected chi connectivity index (χ0v) is 13.4. The van der Waals surface area contributed by atoms with Crippen LogP contribution in [0.1, 0.15) is 5.69 Å². The molecule has 2 aromatic carbocycles. The number of alkyl halides is 3. The second-order valence-electron chi connectivity index (χ2n) is 6.10. The van der Waals surface area contributed by atoms with Gasteiger partial charge in [0.05, 0.1) is 0 Å². The summed E-state index contributed by atoms with van der Waals surface area (Å²) in [4.78, 5) is 0. The average molecular weight is 346 g/mol. The van der Waals surface area contributed by atoms with E-state index in [1.165, 1.54) is 17.8 Å². The molecule has 1 N–H and O–H groups in total. The molecule has 0 saturated heterocycles. The number of para-hydroxylation sites is 1. The molecule has 2 heterocycles. The van der Waals surface area contributed by atoms with E-state index in [9.17, 15) is 13.2 Å². The highest BCUT2D eigenvalue weighted by Crippen LogP contribution is 2.35. The second-order valence-corrected chi connectivity index (χ2v) is 6.10. The summed E-state index contributed by atoms with van der Waals surface area (Å²) in [6.45, 7) is 2.75. The van der Waals surface area contributed by atoms with Crippen molar-refractivity contribution in [3.05, 3.63) is 54.2 Å². The first-order valence-corrected chi connectivity index (χ1v) is 8.19. The number of nitrogens with one attached hydrogen (secondary N) is 1. The highest BCUT2D eigenvalue weighted by Gasteiger charge is 2.32. The average Bonchev–Trinajstić information content (AvgIpc) is 2.74. The maximum atomic E-state index is 12.7. The molecule has 0 fully saturated rings. The molecule has 25 heavy (non-hydrogen) atoms. The quantitative estimate of drug-likeness (QED) is 0.746. The Balaban J connectivity index is 1.78. The van der Waals surface area contributed by atoms with Gasteiger partial charge >= 0.3 is 6.36 Å². The molecular weight excluding hydrogens is 329 g/mol. The van der Waals surface area contributed by atoms with E-state index in [1.807, 2.05) is 18.2 Å². The van der Waals surface area contributed by atoms with Crippen LogP contribution in [0.5, 0.6) is 5.75 Å². The van der Waals surface area contributed by atoms with E-state index in [0.717, 1.165) is 37.0 Å². The molecule has 3 nitrogen and oxygen atoms in total. The van der Waals surface area contributed by atoms with Gasteiger partial charge in [0.1, 0.15) is 5.75 Å². The predicted molar refractivity (Wildman–Crippen MR) is 90.6 cm³/mol. The maximum absolute atomic E-state index is 12.7. The third-order valence-electron chi connectivity index (χ3n) is 4.48. The van der Waals surface area contributed by atoms with Crippen LogP contribution in [0, 0.1) is 0 Å². The summed E-state index contributed by atoms with van der Waals surface area (Å²) in [5.41, 5.74) is 3.50. The molecule has 0 bridgehead atoms. The van der Waals surface area contributed by atoms with Crippen molar-refractivity contribution < 1.29 is 17.9 Å². The minimum Gasteiger partial charge on any atom is -0.405 e. The van der Waals surface area contributed by atoms with Crippen molar-refractivity contribution in [1.29, 1.82) is 0 Å². The fraction of sp³-hybridized carbons (Fsp3) is 0.263. The molecule has 0 unspecified atom stereocenters. The fourth-order valence-corrected chi connectivity index (χ4v) is 3.42. The maximum Gasteiger partial charge on any atom is 0.573 e. The van der Waals surface area contributed by atoms with Gasteiger partial charge in [-0.1, -0.05) is 24.3 Å². The number of benzene rings is 2. The van der Waals surface area contributed by atoms with Gasteiger partial charge in [0, 0.05) is 48.2 Å².